The molecule has 0 aliphatic carbocycles. The van der Waals surface area contributed by atoms with E-state index in [1.807, 2.05) is 12.1 Å². The Morgan fingerprint density at radius 3 is 1.93 bits per heavy atom. The highest BCUT2D eigenvalue weighted by molar-refractivity contribution is 7.91. The lowest BCUT2D eigenvalue weighted by atomic mass is 9.87. The minimum atomic E-state index is -3.17. The summed E-state index contributed by atoms with van der Waals surface area (Å²) >= 11 is 0. The molecule has 0 N–H and O–H groups in total. The zero-order chi connectivity index (χ0) is 11.7. The fourth-order valence-electron chi connectivity index (χ4n) is 1.28. The van der Waals surface area contributed by atoms with Crippen LogP contribution >= 0.6 is 0 Å². The molecule has 1 aromatic rings. The van der Waals surface area contributed by atoms with Crippen molar-refractivity contribution in [3.8, 4) is 0 Å². The highest BCUT2D eigenvalue weighted by atomic mass is 32.2. The van der Waals surface area contributed by atoms with Crippen molar-refractivity contribution in [1.82, 2.24) is 0 Å². The fourth-order valence-corrected chi connectivity index (χ4v) is 2.07. The molecule has 0 aromatic heterocycles. The molecule has 83 valence electrons. The lowest BCUT2D eigenvalue weighted by Gasteiger charge is -2.19. The Kier molecular flexibility index (Phi) is 3.24. The van der Waals surface area contributed by atoms with E-state index in [1.54, 1.807) is 12.1 Å². The first-order chi connectivity index (χ1) is 6.77. The van der Waals surface area contributed by atoms with Gasteiger partial charge in [0.05, 0.1) is 10.6 Å². The van der Waals surface area contributed by atoms with Crippen molar-refractivity contribution in [1.29, 1.82) is 0 Å². The fraction of sp³-hybridized carbons (Fsp3) is 0.417. The highest BCUT2D eigenvalue weighted by Crippen LogP contribution is 2.23. The zero-order valence-corrected chi connectivity index (χ0v) is 10.3. The molecule has 3 heteroatoms. The summed E-state index contributed by atoms with van der Waals surface area (Å²) in [4.78, 5) is 0.352. The number of rotatable bonds is 2. The SMILES string of the molecule is [CH2]CS(=O)(=O)c1ccc(C(C)(C)C)cc1. The third-order valence-corrected chi connectivity index (χ3v) is 3.88. The van der Waals surface area contributed by atoms with Crippen LogP contribution < -0.4 is 0 Å². The van der Waals surface area contributed by atoms with E-state index in [2.05, 4.69) is 27.7 Å². The summed E-state index contributed by atoms with van der Waals surface area (Å²) in [6, 6.07) is 7.04. The van der Waals surface area contributed by atoms with E-state index in [9.17, 15) is 8.42 Å². The molecule has 0 amide bonds. The van der Waals surface area contributed by atoms with Crippen LogP contribution in [0.1, 0.15) is 26.3 Å². The van der Waals surface area contributed by atoms with Gasteiger partial charge in [-0.1, -0.05) is 32.9 Å². The van der Waals surface area contributed by atoms with Crippen molar-refractivity contribution in [3.63, 3.8) is 0 Å². The van der Waals surface area contributed by atoms with Crippen LogP contribution in [0.2, 0.25) is 0 Å². The van der Waals surface area contributed by atoms with Gasteiger partial charge < -0.3 is 0 Å². The largest absolute Gasteiger partial charge is 0.224 e. The highest BCUT2D eigenvalue weighted by Gasteiger charge is 2.15. The minimum absolute atomic E-state index is 0.0484. The van der Waals surface area contributed by atoms with Crippen LogP contribution in [-0.4, -0.2) is 14.2 Å². The maximum Gasteiger partial charge on any atom is 0.178 e. The summed E-state index contributed by atoms with van der Waals surface area (Å²) in [6.45, 7) is 9.70. The van der Waals surface area contributed by atoms with E-state index in [4.69, 9.17) is 0 Å². The molecule has 0 fully saturated rings. The van der Waals surface area contributed by atoms with Gasteiger partial charge in [0.1, 0.15) is 0 Å². The van der Waals surface area contributed by atoms with Gasteiger partial charge in [-0.25, -0.2) is 8.42 Å². The van der Waals surface area contributed by atoms with E-state index >= 15 is 0 Å². The van der Waals surface area contributed by atoms with Crippen LogP contribution in [-0.2, 0) is 15.3 Å². The van der Waals surface area contributed by atoms with E-state index in [-0.39, 0.29) is 11.2 Å². The maximum atomic E-state index is 11.5. The minimum Gasteiger partial charge on any atom is -0.224 e. The van der Waals surface area contributed by atoms with Crippen molar-refractivity contribution >= 4 is 9.84 Å². The quantitative estimate of drug-likeness (QED) is 0.775. The molecule has 1 rings (SSSR count). The second-order valence-corrected chi connectivity index (χ2v) is 6.70. The molecule has 0 bridgehead atoms. The first-order valence-corrected chi connectivity index (χ1v) is 6.55. The van der Waals surface area contributed by atoms with E-state index in [0.717, 1.165) is 5.56 Å². The summed E-state index contributed by atoms with van der Waals surface area (Å²) in [6.07, 6.45) is 0. The molecule has 0 saturated carbocycles. The van der Waals surface area contributed by atoms with E-state index in [1.165, 1.54) is 0 Å². The molecule has 0 heterocycles. The lowest BCUT2D eigenvalue weighted by Crippen LogP contribution is -2.11. The molecule has 0 saturated heterocycles. The average molecular weight is 225 g/mol. The Morgan fingerprint density at radius 2 is 1.60 bits per heavy atom. The average Bonchev–Trinajstić information content (AvgIpc) is 2.17. The molecule has 2 nitrogen and oxygen atoms in total. The normalized spacial score (nSPS) is 12.8. The topological polar surface area (TPSA) is 34.1 Å². The predicted molar refractivity (Wildman–Crippen MR) is 62.6 cm³/mol. The van der Waals surface area contributed by atoms with Gasteiger partial charge in [-0.3, -0.25) is 0 Å². The van der Waals surface area contributed by atoms with Crippen molar-refractivity contribution in [2.75, 3.05) is 5.75 Å². The molecular weight excluding hydrogens is 208 g/mol. The van der Waals surface area contributed by atoms with Crippen LogP contribution in [0.25, 0.3) is 0 Å². The Morgan fingerprint density at radius 1 is 1.13 bits per heavy atom. The number of sulfone groups is 1. The third kappa shape index (κ3) is 2.81. The number of hydrogen-bond acceptors (Lipinski definition) is 2. The van der Waals surface area contributed by atoms with Crippen molar-refractivity contribution in [2.45, 2.75) is 31.1 Å². The van der Waals surface area contributed by atoms with Crippen LogP contribution in [0.3, 0.4) is 0 Å². The summed E-state index contributed by atoms with van der Waals surface area (Å²) < 4.78 is 23.0. The molecule has 1 radical (unpaired) electrons. The van der Waals surface area contributed by atoms with Gasteiger partial charge in [0, 0.05) is 0 Å². The second kappa shape index (κ2) is 3.97. The predicted octanol–water partition coefficient (Wildman–Crippen LogP) is 2.59. The van der Waals surface area contributed by atoms with Crippen molar-refractivity contribution in [2.24, 2.45) is 0 Å². The molecule has 1 aromatic carbocycles. The molecule has 0 aliphatic rings. The monoisotopic (exact) mass is 225 g/mol. The van der Waals surface area contributed by atoms with Gasteiger partial charge in [0.15, 0.2) is 9.84 Å². The smallest absolute Gasteiger partial charge is 0.178 e. The Balaban J connectivity index is 3.12. The van der Waals surface area contributed by atoms with Crippen LogP contribution in [0.5, 0.6) is 0 Å². The molecule has 0 aliphatic heterocycles. The van der Waals surface area contributed by atoms with Crippen LogP contribution in [0.15, 0.2) is 29.2 Å². The third-order valence-electron chi connectivity index (χ3n) is 2.35. The van der Waals surface area contributed by atoms with Crippen molar-refractivity contribution < 1.29 is 8.42 Å². The van der Waals surface area contributed by atoms with E-state index in [0.29, 0.717) is 4.90 Å². The Bertz CT molecular complexity index is 422. The molecular formula is C12H17O2S. The van der Waals surface area contributed by atoms with Gasteiger partial charge in [0.2, 0.25) is 0 Å². The van der Waals surface area contributed by atoms with Gasteiger partial charge in [0.25, 0.3) is 0 Å². The van der Waals surface area contributed by atoms with Crippen LogP contribution in [0, 0.1) is 6.92 Å². The molecule has 0 unspecified atom stereocenters. The number of benzene rings is 1. The lowest BCUT2D eigenvalue weighted by molar-refractivity contribution is 0.587. The molecule has 15 heavy (non-hydrogen) atoms. The van der Waals surface area contributed by atoms with E-state index < -0.39 is 9.84 Å². The van der Waals surface area contributed by atoms with Gasteiger partial charge in [-0.15, -0.1) is 0 Å². The maximum absolute atomic E-state index is 11.5. The summed E-state index contributed by atoms with van der Waals surface area (Å²) in [5, 5.41) is 0. The van der Waals surface area contributed by atoms with Crippen molar-refractivity contribution in [3.05, 3.63) is 36.8 Å². The standard InChI is InChI=1S/C12H17O2S/c1-5-15(13,14)11-8-6-10(7-9-11)12(2,3)4/h6-9H,1,5H2,2-4H3. The number of hydrogen-bond donors (Lipinski definition) is 0. The second-order valence-electron chi connectivity index (χ2n) is 4.59. The Labute approximate surface area is 92.2 Å². The first-order valence-electron chi connectivity index (χ1n) is 4.90. The van der Waals surface area contributed by atoms with Crippen LogP contribution in [0.4, 0.5) is 0 Å². The summed E-state index contributed by atoms with van der Waals surface area (Å²) in [5.41, 5.74) is 1.18. The summed E-state index contributed by atoms with van der Waals surface area (Å²) in [7, 11) is -3.17. The summed E-state index contributed by atoms with van der Waals surface area (Å²) in [5.74, 6) is -0.0954. The first kappa shape index (κ1) is 12.2. The van der Waals surface area contributed by atoms with Gasteiger partial charge in [-0.2, -0.15) is 0 Å². The molecule has 0 atom stereocenters. The Hall–Kier alpha value is -0.830. The van der Waals surface area contributed by atoms with Gasteiger partial charge in [-0.05, 0) is 30.0 Å². The molecule has 0 spiro atoms. The zero-order valence-electron chi connectivity index (χ0n) is 9.45. The van der Waals surface area contributed by atoms with Gasteiger partial charge >= 0.3 is 0 Å².